The first-order chi connectivity index (χ1) is 10.0. The minimum atomic E-state index is -0.356. The molecule has 0 atom stereocenters. The third-order valence-corrected chi connectivity index (χ3v) is 3.83. The SMILES string of the molecule is Cc1cc(-n2ccc(CNC3CC3)n2)c([N+](=O)[O-])cc1C. The van der Waals surface area contributed by atoms with E-state index in [1.165, 1.54) is 12.8 Å². The van der Waals surface area contributed by atoms with Crippen LogP contribution in [0.3, 0.4) is 0 Å². The lowest BCUT2D eigenvalue weighted by Gasteiger charge is -2.07. The van der Waals surface area contributed by atoms with Crippen LogP contribution in [0.15, 0.2) is 24.4 Å². The van der Waals surface area contributed by atoms with Crippen molar-refractivity contribution in [3.05, 3.63) is 51.3 Å². The quantitative estimate of drug-likeness (QED) is 0.677. The molecule has 21 heavy (non-hydrogen) atoms. The Morgan fingerprint density at radius 1 is 1.38 bits per heavy atom. The minimum absolute atomic E-state index is 0.0860. The average molecular weight is 286 g/mol. The molecule has 1 aliphatic carbocycles. The number of nitro groups is 1. The standard InChI is InChI=1S/C15H18N4O2/c1-10-7-14(15(19(20)21)8-11(10)2)18-6-5-13(17-18)9-16-12-3-4-12/h5-8,12,16H,3-4,9H2,1-2H3. The molecule has 1 aliphatic rings. The fraction of sp³-hybridized carbons (Fsp3) is 0.400. The van der Waals surface area contributed by atoms with E-state index in [4.69, 9.17) is 0 Å². The second-order valence-electron chi connectivity index (χ2n) is 5.59. The van der Waals surface area contributed by atoms with E-state index in [0.717, 1.165) is 16.8 Å². The van der Waals surface area contributed by atoms with E-state index in [2.05, 4.69) is 10.4 Å². The normalized spacial score (nSPS) is 14.4. The second-order valence-corrected chi connectivity index (χ2v) is 5.59. The smallest absolute Gasteiger partial charge is 0.295 e. The van der Waals surface area contributed by atoms with Crippen molar-refractivity contribution in [2.75, 3.05) is 0 Å². The molecule has 1 N–H and O–H groups in total. The van der Waals surface area contributed by atoms with Crippen molar-refractivity contribution in [3.63, 3.8) is 0 Å². The van der Waals surface area contributed by atoms with E-state index in [1.54, 1.807) is 16.9 Å². The molecule has 0 saturated heterocycles. The average Bonchev–Trinajstić information content (AvgIpc) is 3.16. The molecule has 0 radical (unpaired) electrons. The monoisotopic (exact) mass is 286 g/mol. The molecule has 110 valence electrons. The van der Waals surface area contributed by atoms with Gasteiger partial charge >= 0.3 is 0 Å². The summed E-state index contributed by atoms with van der Waals surface area (Å²) in [6, 6.07) is 5.94. The van der Waals surface area contributed by atoms with E-state index >= 15 is 0 Å². The van der Waals surface area contributed by atoms with Gasteiger partial charge in [0.15, 0.2) is 0 Å². The zero-order chi connectivity index (χ0) is 15.0. The van der Waals surface area contributed by atoms with Crippen molar-refractivity contribution in [2.24, 2.45) is 0 Å². The molecule has 1 aromatic heterocycles. The van der Waals surface area contributed by atoms with Crippen LogP contribution in [-0.2, 0) is 6.54 Å². The third kappa shape index (κ3) is 2.95. The molecule has 1 aromatic carbocycles. The lowest BCUT2D eigenvalue weighted by atomic mass is 10.1. The van der Waals surface area contributed by atoms with Crippen molar-refractivity contribution < 1.29 is 4.92 Å². The highest BCUT2D eigenvalue weighted by Crippen LogP contribution is 2.26. The highest BCUT2D eigenvalue weighted by atomic mass is 16.6. The first-order valence-electron chi connectivity index (χ1n) is 7.08. The van der Waals surface area contributed by atoms with Crippen molar-refractivity contribution in [1.82, 2.24) is 15.1 Å². The van der Waals surface area contributed by atoms with Crippen LogP contribution in [0.25, 0.3) is 5.69 Å². The molecule has 0 unspecified atom stereocenters. The van der Waals surface area contributed by atoms with Crippen LogP contribution >= 0.6 is 0 Å². The van der Waals surface area contributed by atoms with Crippen molar-refractivity contribution >= 4 is 5.69 Å². The van der Waals surface area contributed by atoms with Gasteiger partial charge in [-0.25, -0.2) is 4.68 Å². The van der Waals surface area contributed by atoms with Crippen LogP contribution in [0, 0.1) is 24.0 Å². The van der Waals surface area contributed by atoms with E-state index in [0.29, 0.717) is 18.3 Å². The second kappa shape index (κ2) is 5.29. The molecule has 1 heterocycles. The van der Waals surface area contributed by atoms with E-state index in [9.17, 15) is 10.1 Å². The first-order valence-corrected chi connectivity index (χ1v) is 7.08. The highest BCUT2D eigenvalue weighted by molar-refractivity contribution is 5.56. The molecule has 1 fully saturated rings. The number of nitro benzene ring substituents is 1. The molecule has 6 heteroatoms. The molecular formula is C15H18N4O2. The summed E-state index contributed by atoms with van der Waals surface area (Å²) in [6.45, 7) is 4.53. The fourth-order valence-corrected chi connectivity index (χ4v) is 2.24. The fourth-order valence-electron chi connectivity index (χ4n) is 2.24. The summed E-state index contributed by atoms with van der Waals surface area (Å²) in [7, 11) is 0. The van der Waals surface area contributed by atoms with Gasteiger partial charge in [0, 0.05) is 24.8 Å². The van der Waals surface area contributed by atoms with Gasteiger partial charge in [0.25, 0.3) is 5.69 Å². The number of nitrogens with one attached hydrogen (secondary N) is 1. The van der Waals surface area contributed by atoms with Crippen molar-refractivity contribution in [1.29, 1.82) is 0 Å². The topological polar surface area (TPSA) is 73.0 Å². The molecule has 0 spiro atoms. The number of nitrogens with zero attached hydrogens (tertiary/aromatic N) is 3. The summed E-state index contributed by atoms with van der Waals surface area (Å²) in [6.07, 6.45) is 4.23. The lowest BCUT2D eigenvalue weighted by Crippen LogP contribution is -2.15. The van der Waals surface area contributed by atoms with Crippen LogP contribution in [0.4, 0.5) is 5.69 Å². The molecule has 3 rings (SSSR count). The predicted octanol–water partition coefficient (Wildman–Crippen LogP) is 2.65. The number of benzene rings is 1. The van der Waals surface area contributed by atoms with Gasteiger partial charge in [-0.2, -0.15) is 5.10 Å². The Morgan fingerprint density at radius 2 is 2.10 bits per heavy atom. The zero-order valence-corrected chi connectivity index (χ0v) is 12.2. The van der Waals surface area contributed by atoms with Crippen LogP contribution < -0.4 is 5.32 Å². The van der Waals surface area contributed by atoms with Crippen molar-refractivity contribution in [3.8, 4) is 5.69 Å². The van der Waals surface area contributed by atoms with Gasteiger partial charge < -0.3 is 5.32 Å². The molecule has 0 amide bonds. The molecule has 1 saturated carbocycles. The largest absolute Gasteiger partial charge is 0.308 e. The minimum Gasteiger partial charge on any atom is -0.308 e. The van der Waals surface area contributed by atoms with Crippen LogP contribution in [0.2, 0.25) is 0 Å². The maximum Gasteiger partial charge on any atom is 0.295 e. The van der Waals surface area contributed by atoms with E-state index in [1.807, 2.05) is 26.0 Å². The summed E-state index contributed by atoms with van der Waals surface area (Å²) in [5.74, 6) is 0. The lowest BCUT2D eigenvalue weighted by molar-refractivity contribution is -0.384. The number of hydrogen-bond acceptors (Lipinski definition) is 4. The molecule has 0 aliphatic heterocycles. The Morgan fingerprint density at radius 3 is 2.76 bits per heavy atom. The first kappa shape index (κ1) is 13.8. The maximum absolute atomic E-state index is 11.2. The Hall–Kier alpha value is -2.21. The maximum atomic E-state index is 11.2. The van der Waals surface area contributed by atoms with Gasteiger partial charge in [-0.05, 0) is 49.9 Å². The van der Waals surface area contributed by atoms with Crippen LogP contribution in [0.1, 0.15) is 29.7 Å². The van der Waals surface area contributed by atoms with Gasteiger partial charge in [-0.15, -0.1) is 0 Å². The molecule has 6 nitrogen and oxygen atoms in total. The van der Waals surface area contributed by atoms with Gasteiger partial charge in [-0.3, -0.25) is 10.1 Å². The summed E-state index contributed by atoms with van der Waals surface area (Å²) in [5, 5.41) is 19.1. The van der Waals surface area contributed by atoms with Gasteiger partial charge in [0.05, 0.1) is 10.6 Å². The molecule has 2 aromatic rings. The van der Waals surface area contributed by atoms with E-state index < -0.39 is 0 Å². The van der Waals surface area contributed by atoms with Gasteiger partial charge in [0.1, 0.15) is 5.69 Å². The summed E-state index contributed by atoms with van der Waals surface area (Å²) < 4.78 is 1.59. The Kier molecular flexibility index (Phi) is 3.47. The van der Waals surface area contributed by atoms with E-state index in [-0.39, 0.29) is 10.6 Å². The molecular weight excluding hydrogens is 268 g/mol. The molecule has 0 bridgehead atoms. The van der Waals surface area contributed by atoms with Crippen LogP contribution in [-0.4, -0.2) is 20.7 Å². The van der Waals surface area contributed by atoms with Gasteiger partial charge in [0.2, 0.25) is 0 Å². The number of hydrogen-bond donors (Lipinski definition) is 1. The highest BCUT2D eigenvalue weighted by Gasteiger charge is 2.21. The number of rotatable bonds is 5. The Bertz CT molecular complexity index is 689. The van der Waals surface area contributed by atoms with Crippen molar-refractivity contribution in [2.45, 2.75) is 39.3 Å². The third-order valence-electron chi connectivity index (χ3n) is 3.83. The predicted molar refractivity (Wildman–Crippen MR) is 79.6 cm³/mol. The Balaban J connectivity index is 1.91. The Labute approximate surface area is 122 Å². The van der Waals surface area contributed by atoms with Crippen LogP contribution in [0.5, 0.6) is 0 Å². The zero-order valence-electron chi connectivity index (χ0n) is 12.2. The number of aromatic nitrogens is 2. The summed E-state index contributed by atoms with van der Waals surface area (Å²) in [4.78, 5) is 10.9. The van der Waals surface area contributed by atoms with Gasteiger partial charge in [-0.1, -0.05) is 0 Å². The summed E-state index contributed by atoms with van der Waals surface area (Å²) in [5.41, 5.74) is 3.43. The number of aryl methyl sites for hydroxylation is 2. The summed E-state index contributed by atoms with van der Waals surface area (Å²) >= 11 is 0.